The molecule has 2 heterocycles. The summed E-state index contributed by atoms with van der Waals surface area (Å²) in [5.74, 6) is -0.521. The van der Waals surface area contributed by atoms with E-state index in [1.165, 1.54) is 0 Å². The van der Waals surface area contributed by atoms with Gasteiger partial charge in [-0.1, -0.05) is 0 Å². The first-order valence-corrected chi connectivity index (χ1v) is 6.10. The second-order valence-corrected chi connectivity index (χ2v) is 5.49. The van der Waals surface area contributed by atoms with Gasteiger partial charge in [0.2, 0.25) is 11.0 Å². The summed E-state index contributed by atoms with van der Waals surface area (Å²) >= 11 is 0.782. The van der Waals surface area contributed by atoms with E-state index in [0.717, 1.165) is 24.4 Å². The minimum absolute atomic E-state index is 0.218. The molecule has 2 fully saturated rings. The molecule has 0 radical (unpaired) electrons. The molecule has 0 amide bonds. The molecule has 0 atom stereocenters. The summed E-state index contributed by atoms with van der Waals surface area (Å²) in [5, 5.41) is 0.319. The van der Waals surface area contributed by atoms with Gasteiger partial charge in [0.25, 0.3) is 0 Å². The van der Waals surface area contributed by atoms with Crippen molar-refractivity contribution in [1.29, 1.82) is 0 Å². The van der Waals surface area contributed by atoms with Crippen molar-refractivity contribution >= 4 is 16.7 Å². The zero-order valence-corrected chi connectivity index (χ0v) is 9.68. The fraction of sp³-hybridized carbons (Fsp3) is 0.778. The van der Waals surface area contributed by atoms with Gasteiger partial charge < -0.3 is 10.6 Å². The van der Waals surface area contributed by atoms with Crippen LogP contribution in [0.3, 0.4) is 0 Å². The lowest BCUT2D eigenvalue weighted by atomic mass is 9.86. The van der Waals surface area contributed by atoms with E-state index < -0.39 is 12.0 Å². The highest BCUT2D eigenvalue weighted by Gasteiger charge is 2.51. The fourth-order valence-electron chi connectivity index (χ4n) is 2.18. The number of nitrogens with zero attached hydrogens (tertiary/aromatic N) is 3. The standard InChI is InChI=1S/C9H11F3N4S/c10-9(11,12)6-14-7(17-15-6)16-3-8(13,4-16)5-1-2-5/h5H,1-4,13H2. The molecule has 1 aromatic heterocycles. The Hall–Kier alpha value is -0.890. The molecule has 1 aromatic rings. The minimum atomic E-state index is -4.46. The summed E-state index contributed by atoms with van der Waals surface area (Å²) in [6.45, 7) is 1.17. The molecule has 17 heavy (non-hydrogen) atoms. The van der Waals surface area contributed by atoms with Crippen molar-refractivity contribution in [2.24, 2.45) is 11.7 Å². The molecule has 0 bridgehead atoms. The topological polar surface area (TPSA) is 55.0 Å². The van der Waals surface area contributed by atoms with E-state index in [4.69, 9.17) is 5.73 Å². The molecule has 0 spiro atoms. The van der Waals surface area contributed by atoms with Crippen molar-refractivity contribution in [3.8, 4) is 0 Å². The van der Waals surface area contributed by atoms with Crippen LogP contribution in [0.4, 0.5) is 18.3 Å². The van der Waals surface area contributed by atoms with Crippen molar-refractivity contribution < 1.29 is 13.2 Å². The van der Waals surface area contributed by atoms with Gasteiger partial charge in [0, 0.05) is 24.6 Å². The lowest BCUT2D eigenvalue weighted by Gasteiger charge is -2.48. The van der Waals surface area contributed by atoms with E-state index >= 15 is 0 Å². The van der Waals surface area contributed by atoms with Gasteiger partial charge >= 0.3 is 6.18 Å². The SMILES string of the molecule is NC1(C2CC2)CN(c2nc(C(F)(F)F)ns2)C1. The predicted molar refractivity (Wildman–Crippen MR) is 56.8 cm³/mol. The van der Waals surface area contributed by atoms with Crippen molar-refractivity contribution in [1.82, 2.24) is 9.36 Å². The second-order valence-electron chi connectivity index (χ2n) is 4.76. The van der Waals surface area contributed by atoms with Crippen LogP contribution in [0.1, 0.15) is 18.7 Å². The summed E-state index contributed by atoms with van der Waals surface area (Å²) in [6, 6.07) is 0. The molecule has 2 aliphatic rings. The van der Waals surface area contributed by atoms with E-state index in [9.17, 15) is 13.2 Å². The maximum absolute atomic E-state index is 12.3. The van der Waals surface area contributed by atoms with E-state index in [0.29, 0.717) is 24.1 Å². The number of hydrogen-bond donors (Lipinski definition) is 1. The first-order valence-electron chi connectivity index (χ1n) is 5.33. The molecule has 94 valence electrons. The number of halogens is 3. The number of anilines is 1. The lowest BCUT2D eigenvalue weighted by Crippen LogP contribution is -2.69. The second kappa shape index (κ2) is 3.32. The Morgan fingerprint density at radius 3 is 2.47 bits per heavy atom. The largest absolute Gasteiger partial charge is 0.452 e. The normalized spacial score (nSPS) is 23.6. The molecule has 8 heteroatoms. The van der Waals surface area contributed by atoms with Gasteiger partial charge in [-0.25, -0.2) is 0 Å². The summed E-state index contributed by atoms with van der Waals surface area (Å²) in [5.41, 5.74) is 5.90. The van der Waals surface area contributed by atoms with Crippen LogP contribution in [0, 0.1) is 5.92 Å². The van der Waals surface area contributed by atoms with Crippen LogP contribution in [-0.2, 0) is 6.18 Å². The van der Waals surface area contributed by atoms with Crippen LogP contribution >= 0.6 is 11.5 Å². The van der Waals surface area contributed by atoms with Gasteiger partial charge in [0.1, 0.15) is 0 Å². The predicted octanol–water partition coefficient (Wildman–Crippen LogP) is 1.48. The third kappa shape index (κ3) is 1.89. The average molecular weight is 264 g/mol. The molecule has 1 saturated heterocycles. The molecular formula is C9H11F3N4S. The first kappa shape index (κ1) is 11.2. The first-order chi connectivity index (χ1) is 7.88. The number of rotatable bonds is 2. The summed E-state index contributed by atoms with van der Waals surface area (Å²) in [6.07, 6.45) is -2.20. The minimum Gasteiger partial charge on any atom is -0.343 e. The molecule has 2 N–H and O–H groups in total. The maximum atomic E-state index is 12.3. The molecule has 4 nitrogen and oxygen atoms in total. The number of hydrogen-bond acceptors (Lipinski definition) is 5. The lowest BCUT2D eigenvalue weighted by molar-refractivity contribution is -0.144. The van der Waals surface area contributed by atoms with Crippen LogP contribution < -0.4 is 10.6 Å². The van der Waals surface area contributed by atoms with Gasteiger partial charge in [-0.05, 0) is 18.8 Å². The van der Waals surface area contributed by atoms with E-state index in [1.54, 1.807) is 4.90 Å². The van der Waals surface area contributed by atoms with E-state index in [-0.39, 0.29) is 5.54 Å². The Labute approximate surface area is 99.8 Å². The molecule has 1 aliphatic heterocycles. The maximum Gasteiger partial charge on any atom is 0.452 e. The third-order valence-corrected chi connectivity index (χ3v) is 4.08. The molecule has 0 unspecified atom stereocenters. The van der Waals surface area contributed by atoms with Gasteiger partial charge in [-0.2, -0.15) is 22.5 Å². The van der Waals surface area contributed by atoms with Gasteiger partial charge in [-0.15, -0.1) is 0 Å². The molecule has 0 aromatic carbocycles. The highest BCUT2D eigenvalue weighted by Crippen LogP contribution is 2.44. The fourth-order valence-corrected chi connectivity index (χ4v) is 2.86. The zero-order chi connectivity index (χ0) is 12.3. The van der Waals surface area contributed by atoms with Crippen LogP contribution in [0.15, 0.2) is 0 Å². The Kier molecular flexibility index (Phi) is 2.19. The van der Waals surface area contributed by atoms with Crippen molar-refractivity contribution in [2.45, 2.75) is 24.6 Å². The average Bonchev–Trinajstić information content (AvgIpc) is 2.90. The summed E-state index contributed by atoms with van der Waals surface area (Å²) in [4.78, 5) is 5.27. The van der Waals surface area contributed by atoms with Gasteiger partial charge in [0.05, 0.1) is 5.54 Å². The zero-order valence-electron chi connectivity index (χ0n) is 8.87. The van der Waals surface area contributed by atoms with Crippen LogP contribution in [-0.4, -0.2) is 28.0 Å². The van der Waals surface area contributed by atoms with Crippen molar-refractivity contribution in [3.63, 3.8) is 0 Å². The Morgan fingerprint density at radius 1 is 1.35 bits per heavy atom. The molecule has 1 aliphatic carbocycles. The molecule has 1 saturated carbocycles. The van der Waals surface area contributed by atoms with Crippen molar-refractivity contribution in [3.05, 3.63) is 5.82 Å². The smallest absolute Gasteiger partial charge is 0.343 e. The number of nitrogens with two attached hydrogens (primary N) is 1. The highest BCUT2D eigenvalue weighted by molar-refractivity contribution is 7.09. The Morgan fingerprint density at radius 2 is 2.00 bits per heavy atom. The Balaban J connectivity index is 1.69. The summed E-state index contributed by atoms with van der Waals surface area (Å²) < 4.78 is 40.3. The third-order valence-electron chi connectivity index (χ3n) is 3.30. The van der Waals surface area contributed by atoms with Crippen LogP contribution in [0.2, 0.25) is 0 Å². The number of alkyl halides is 3. The monoisotopic (exact) mass is 264 g/mol. The van der Waals surface area contributed by atoms with E-state index in [2.05, 4.69) is 9.36 Å². The Bertz CT molecular complexity index is 434. The van der Waals surface area contributed by atoms with Gasteiger partial charge in [0.15, 0.2) is 0 Å². The number of aromatic nitrogens is 2. The van der Waals surface area contributed by atoms with Crippen molar-refractivity contribution in [2.75, 3.05) is 18.0 Å². The molecule has 3 rings (SSSR count). The summed E-state index contributed by atoms with van der Waals surface area (Å²) in [7, 11) is 0. The van der Waals surface area contributed by atoms with E-state index in [1.807, 2.05) is 0 Å². The van der Waals surface area contributed by atoms with Crippen LogP contribution in [0.5, 0.6) is 0 Å². The van der Waals surface area contributed by atoms with Crippen LogP contribution in [0.25, 0.3) is 0 Å². The quantitative estimate of drug-likeness (QED) is 0.879. The van der Waals surface area contributed by atoms with Gasteiger partial charge in [-0.3, -0.25) is 0 Å². The highest BCUT2D eigenvalue weighted by atomic mass is 32.1. The molecular weight excluding hydrogens is 253 g/mol.